The Balaban J connectivity index is 1.65. The first kappa shape index (κ1) is 17.8. The number of amides is 1. The van der Waals surface area contributed by atoms with Gasteiger partial charge in [0, 0.05) is 34.8 Å². The summed E-state index contributed by atoms with van der Waals surface area (Å²) in [5.74, 6) is 0.0529. The van der Waals surface area contributed by atoms with Crippen LogP contribution >= 0.6 is 11.3 Å². The first-order chi connectivity index (χ1) is 13.0. The zero-order valence-electron chi connectivity index (χ0n) is 15.1. The molecule has 0 unspecified atom stereocenters. The van der Waals surface area contributed by atoms with Crippen LogP contribution < -0.4 is 5.73 Å². The molecule has 1 aliphatic rings. The molecule has 5 heteroatoms. The van der Waals surface area contributed by atoms with E-state index in [2.05, 4.69) is 0 Å². The number of anilines is 1. The molecule has 138 valence electrons. The molecule has 27 heavy (non-hydrogen) atoms. The van der Waals surface area contributed by atoms with Gasteiger partial charge in [-0.05, 0) is 35.4 Å². The van der Waals surface area contributed by atoms with E-state index in [-0.39, 0.29) is 17.9 Å². The summed E-state index contributed by atoms with van der Waals surface area (Å²) in [7, 11) is 1.78. The number of rotatable bonds is 4. The maximum atomic E-state index is 12.4. The van der Waals surface area contributed by atoms with Crippen LogP contribution in [0, 0.1) is 0 Å². The number of nitrogens with two attached hydrogens (primary N) is 1. The Labute approximate surface area is 162 Å². The number of aliphatic hydroxyl groups is 1. The van der Waals surface area contributed by atoms with Crippen LogP contribution in [0.5, 0.6) is 0 Å². The highest BCUT2D eigenvalue weighted by molar-refractivity contribution is 7.15. The highest BCUT2D eigenvalue weighted by Crippen LogP contribution is 2.42. The van der Waals surface area contributed by atoms with Crippen molar-refractivity contribution in [1.29, 1.82) is 0 Å². The topological polar surface area (TPSA) is 66.6 Å². The van der Waals surface area contributed by atoms with Gasteiger partial charge in [-0.25, -0.2) is 0 Å². The molecular formula is C22H22N2O2S. The Morgan fingerprint density at radius 1 is 1.11 bits per heavy atom. The number of likely N-dealkylation sites (tertiary alicyclic amines) is 1. The number of benzene rings is 2. The molecule has 4 rings (SSSR count). The van der Waals surface area contributed by atoms with E-state index in [4.69, 9.17) is 5.73 Å². The van der Waals surface area contributed by atoms with Gasteiger partial charge < -0.3 is 15.7 Å². The van der Waals surface area contributed by atoms with Crippen LogP contribution in [-0.4, -0.2) is 29.0 Å². The van der Waals surface area contributed by atoms with Gasteiger partial charge in [0.05, 0.1) is 6.04 Å². The molecule has 4 nitrogen and oxygen atoms in total. The number of hydrogen-bond acceptors (Lipinski definition) is 4. The Hall–Kier alpha value is -2.63. The van der Waals surface area contributed by atoms with Gasteiger partial charge in [-0.15, -0.1) is 11.3 Å². The van der Waals surface area contributed by atoms with Gasteiger partial charge >= 0.3 is 0 Å². The van der Waals surface area contributed by atoms with Crippen LogP contribution in [0.15, 0.2) is 66.7 Å². The number of nitrogens with zero attached hydrogens (tertiary/aromatic N) is 1. The molecule has 0 spiro atoms. The molecular weight excluding hydrogens is 356 g/mol. The SMILES string of the molecule is CN1C(=O)C[C@H](c2ccccc2)[C@@H]1[C@H](O)c1ccc(-c2cccc(N)c2)s1. The van der Waals surface area contributed by atoms with E-state index in [1.54, 1.807) is 23.3 Å². The van der Waals surface area contributed by atoms with Gasteiger partial charge in [-0.2, -0.15) is 0 Å². The normalized spacial score (nSPS) is 20.8. The summed E-state index contributed by atoms with van der Waals surface area (Å²) in [6.45, 7) is 0. The van der Waals surface area contributed by atoms with Gasteiger partial charge in [0.1, 0.15) is 6.10 Å². The minimum absolute atomic E-state index is 0.0170. The van der Waals surface area contributed by atoms with Crippen molar-refractivity contribution in [3.63, 3.8) is 0 Å². The van der Waals surface area contributed by atoms with Crippen molar-refractivity contribution < 1.29 is 9.90 Å². The van der Waals surface area contributed by atoms with E-state index in [0.717, 1.165) is 20.9 Å². The number of nitrogen functional groups attached to an aromatic ring is 1. The second kappa shape index (κ2) is 7.18. The first-order valence-electron chi connectivity index (χ1n) is 8.99. The average Bonchev–Trinajstić information content (AvgIpc) is 3.28. The quantitative estimate of drug-likeness (QED) is 0.673. The summed E-state index contributed by atoms with van der Waals surface area (Å²) in [4.78, 5) is 16.0. The van der Waals surface area contributed by atoms with Crippen molar-refractivity contribution in [3.05, 3.63) is 77.2 Å². The van der Waals surface area contributed by atoms with Crippen molar-refractivity contribution in [2.45, 2.75) is 24.5 Å². The molecule has 0 aliphatic carbocycles. The van der Waals surface area contributed by atoms with Crippen LogP contribution in [0.2, 0.25) is 0 Å². The third-order valence-electron chi connectivity index (χ3n) is 5.29. The monoisotopic (exact) mass is 378 g/mol. The summed E-state index contributed by atoms with van der Waals surface area (Å²) >= 11 is 1.55. The van der Waals surface area contributed by atoms with Crippen molar-refractivity contribution >= 4 is 22.9 Å². The maximum absolute atomic E-state index is 12.4. The molecule has 2 aromatic carbocycles. The lowest BCUT2D eigenvalue weighted by Gasteiger charge is -2.29. The predicted octanol–water partition coefficient (Wildman–Crippen LogP) is 4.05. The Morgan fingerprint density at radius 3 is 2.63 bits per heavy atom. The van der Waals surface area contributed by atoms with E-state index in [0.29, 0.717) is 12.1 Å². The molecule has 0 bridgehead atoms. The second-order valence-corrected chi connectivity index (χ2v) is 8.10. The summed E-state index contributed by atoms with van der Waals surface area (Å²) in [6.07, 6.45) is -0.304. The molecule has 1 amide bonds. The molecule has 1 saturated heterocycles. The summed E-state index contributed by atoms with van der Waals surface area (Å²) in [6, 6.07) is 21.4. The zero-order chi connectivity index (χ0) is 19.0. The van der Waals surface area contributed by atoms with Crippen molar-refractivity contribution in [2.75, 3.05) is 12.8 Å². The Kier molecular flexibility index (Phi) is 4.72. The summed E-state index contributed by atoms with van der Waals surface area (Å²) in [5.41, 5.74) is 8.73. The van der Waals surface area contributed by atoms with Gasteiger partial charge in [-0.1, -0.05) is 42.5 Å². The van der Waals surface area contributed by atoms with E-state index in [1.165, 1.54) is 0 Å². The fraction of sp³-hybridized carbons (Fsp3) is 0.227. The minimum Gasteiger partial charge on any atom is -0.399 e. The second-order valence-electron chi connectivity index (χ2n) is 6.99. The van der Waals surface area contributed by atoms with E-state index < -0.39 is 6.10 Å². The van der Waals surface area contributed by atoms with E-state index >= 15 is 0 Å². The average molecular weight is 378 g/mol. The number of hydrogen-bond donors (Lipinski definition) is 2. The molecule has 1 aromatic heterocycles. The molecule has 3 atom stereocenters. The fourth-order valence-corrected chi connectivity index (χ4v) is 4.89. The van der Waals surface area contributed by atoms with Crippen molar-refractivity contribution in [1.82, 2.24) is 4.90 Å². The number of likely N-dealkylation sites (N-methyl/N-ethyl adjacent to an activating group) is 1. The van der Waals surface area contributed by atoms with Crippen LogP contribution in [0.25, 0.3) is 10.4 Å². The van der Waals surface area contributed by atoms with Crippen LogP contribution in [-0.2, 0) is 4.79 Å². The van der Waals surface area contributed by atoms with Crippen molar-refractivity contribution in [3.8, 4) is 10.4 Å². The van der Waals surface area contributed by atoms with Crippen LogP contribution in [0.1, 0.15) is 28.9 Å². The number of aliphatic hydroxyl groups excluding tert-OH is 1. The van der Waals surface area contributed by atoms with E-state index in [1.807, 2.05) is 66.7 Å². The largest absolute Gasteiger partial charge is 0.399 e. The Morgan fingerprint density at radius 2 is 1.89 bits per heavy atom. The van der Waals surface area contributed by atoms with Gasteiger partial charge in [0.2, 0.25) is 5.91 Å². The highest BCUT2D eigenvalue weighted by Gasteiger charge is 2.43. The molecule has 0 saturated carbocycles. The smallest absolute Gasteiger partial charge is 0.223 e. The lowest BCUT2D eigenvalue weighted by molar-refractivity contribution is -0.128. The first-order valence-corrected chi connectivity index (χ1v) is 9.80. The number of carbonyl (C=O) groups excluding carboxylic acids is 1. The molecule has 1 fully saturated rings. The molecule has 2 heterocycles. The maximum Gasteiger partial charge on any atom is 0.223 e. The third kappa shape index (κ3) is 3.36. The number of thiophene rings is 1. The highest BCUT2D eigenvalue weighted by atomic mass is 32.1. The zero-order valence-corrected chi connectivity index (χ0v) is 15.9. The number of carbonyl (C=O) groups is 1. The molecule has 1 aliphatic heterocycles. The summed E-state index contributed by atoms with van der Waals surface area (Å²) in [5, 5.41) is 11.1. The van der Waals surface area contributed by atoms with Crippen molar-refractivity contribution in [2.24, 2.45) is 0 Å². The van der Waals surface area contributed by atoms with Gasteiger partial charge in [-0.3, -0.25) is 4.79 Å². The lowest BCUT2D eigenvalue weighted by Crippen LogP contribution is -2.36. The fourth-order valence-electron chi connectivity index (χ4n) is 3.86. The minimum atomic E-state index is -0.730. The summed E-state index contributed by atoms with van der Waals surface area (Å²) < 4.78 is 0. The van der Waals surface area contributed by atoms with Gasteiger partial charge in [0.15, 0.2) is 0 Å². The lowest BCUT2D eigenvalue weighted by atomic mass is 9.88. The molecule has 3 N–H and O–H groups in total. The molecule has 3 aromatic rings. The molecule has 0 radical (unpaired) electrons. The standard InChI is InChI=1S/C22H22N2O2S/c1-24-20(25)13-17(14-6-3-2-4-7-14)21(24)22(26)19-11-10-18(27-19)15-8-5-9-16(23)12-15/h2-12,17,21-22,26H,13,23H2,1H3/t17-,21-,22-/m1/s1. The van der Waals surface area contributed by atoms with Crippen LogP contribution in [0.3, 0.4) is 0 Å². The van der Waals surface area contributed by atoms with Crippen LogP contribution in [0.4, 0.5) is 5.69 Å². The van der Waals surface area contributed by atoms with Gasteiger partial charge in [0.25, 0.3) is 0 Å². The third-order valence-corrected chi connectivity index (χ3v) is 6.49. The predicted molar refractivity (Wildman–Crippen MR) is 109 cm³/mol. The Bertz CT molecular complexity index is 954. The van der Waals surface area contributed by atoms with E-state index in [9.17, 15) is 9.90 Å².